The third-order valence-corrected chi connectivity index (χ3v) is 10.5. The predicted octanol–water partition coefficient (Wildman–Crippen LogP) is 11.6. The van der Waals surface area contributed by atoms with Crippen LogP contribution in [0.1, 0.15) is 202 Å². The van der Waals surface area contributed by atoms with Crippen molar-refractivity contribution in [1.29, 1.82) is 0 Å². The number of hydrogen-bond donors (Lipinski definition) is 1. The lowest BCUT2D eigenvalue weighted by atomic mass is 10.1. The summed E-state index contributed by atoms with van der Waals surface area (Å²) in [5, 5.41) is 9.61. The first kappa shape index (κ1) is 56.1. The molecule has 10 nitrogen and oxygen atoms in total. The molecule has 0 aromatic heterocycles. The summed E-state index contributed by atoms with van der Waals surface area (Å²) in [6.45, 7) is 22.3. The number of ether oxygens (including phenoxy) is 6. The Morgan fingerprint density at radius 3 is 0.912 bits per heavy atom. The molecule has 0 aliphatic carbocycles. The normalized spacial score (nSPS) is 13.5. The van der Waals surface area contributed by atoms with Gasteiger partial charge in [-0.25, -0.2) is 0 Å². The van der Waals surface area contributed by atoms with Crippen molar-refractivity contribution in [2.24, 2.45) is 0 Å². The Bertz CT molecular complexity index is 775. The van der Waals surface area contributed by atoms with E-state index in [1.807, 2.05) is 20.8 Å². The molecule has 0 aliphatic heterocycles. The number of carboxylic acids is 1. The fourth-order valence-corrected chi connectivity index (χ4v) is 6.91. The lowest BCUT2D eigenvalue weighted by Crippen LogP contribution is -2.34. The van der Waals surface area contributed by atoms with Crippen LogP contribution in [0, 0.1) is 0 Å². The molecule has 1 N–H and O–H groups in total. The van der Waals surface area contributed by atoms with Gasteiger partial charge in [-0.3, -0.25) is 9.69 Å². The van der Waals surface area contributed by atoms with E-state index < -0.39 is 5.97 Å². The molecule has 0 saturated heterocycles. The van der Waals surface area contributed by atoms with Crippen LogP contribution in [0.4, 0.5) is 0 Å². The van der Waals surface area contributed by atoms with E-state index in [0.717, 1.165) is 130 Å². The molecule has 0 aromatic rings. The van der Waals surface area contributed by atoms with Crippen LogP contribution in [0.15, 0.2) is 0 Å². The lowest BCUT2D eigenvalue weighted by molar-refractivity contribution is -0.138. The van der Waals surface area contributed by atoms with Crippen LogP contribution in [0.25, 0.3) is 0 Å². The molecule has 0 heterocycles. The third kappa shape index (κ3) is 43.1. The highest BCUT2D eigenvalue weighted by Crippen LogP contribution is 2.11. The minimum absolute atomic E-state index is 0.116. The van der Waals surface area contributed by atoms with Gasteiger partial charge in [-0.2, -0.15) is 0 Å². The fraction of sp³-hybridized carbons (Fsp3) is 0.979. The number of aliphatic carboxylic acids is 1. The molecule has 0 rings (SSSR count). The zero-order valence-electron chi connectivity index (χ0n) is 38.6. The molecule has 342 valence electrons. The van der Waals surface area contributed by atoms with Crippen molar-refractivity contribution in [1.82, 2.24) is 9.80 Å². The van der Waals surface area contributed by atoms with E-state index in [9.17, 15) is 9.90 Å². The zero-order chi connectivity index (χ0) is 41.9. The average molecular weight is 817 g/mol. The number of nitrogens with zero attached hydrogens (tertiary/aromatic N) is 2. The average Bonchev–Trinajstić information content (AvgIpc) is 3.18. The number of rotatable bonds is 48. The van der Waals surface area contributed by atoms with Crippen LogP contribution in [0.3, 0.4) is 0 Å². The van der Waals surface area contributed by atoms with Crippen molar-refractivity contribution < 1.29 is 38.3 Å². The fourth-order valence-electron chi connectivity index (χ4n) is 6.91. The molecule has 0 bridgehead atoms. The first-order chi connectivity index (χ1) is 27.8. The molecule has 0 saturated carbocycles. The van der Waals surface area contributed by atoms with Gasteiger partial charge in [-0.15, -0.1) is 0 Å². The first-order valence-electron chi connectivity index (χ1n) is 24.2. The Labute approximate surface area is 353 Å². The Kier molecular flexibility index (Phi) is 44.0. The Balaban J connectivity index is 4.52. The van der Waals surface area contributed by atoms with E-state index in [0.29, 0.717) is 6.61 Å². The second-order valence-corrected chi connectivity index (χ2v) is 16.2. The van der Waals surface area contributed by atoms with Gasteiger partial charge >= 0.3 is 5.97 Å². The van der Waals surface area contributed by atoms with Gasteiger partial charge in [-0.05, 0) is 118 Å². The van der Waals surface area contributed by atoms with E-state index in [2.05, 4.69) is 30.6 Å². The molecule has 3 unspecified atom stereocenters. The summed E-state index contributed by atoms with van der Waals surface area (Å²) in [6.07, 6.45) is 28.6. The van der Waals surface area contributed by atoms with Crippen LogP contribution in [0.5, 0.6) is 0 Å². The Morgan fingerprint density at radius 1 is 0.368 bits per heavy atom. The summed E-state index contributed by atoms with van der Waals surface area (Å²) < 4.78 is 35.0. The molecule has 0 fully saturated rings. The predicted molar refractivity (Wildman–Crippen MR) is 237 cm³/mol. The highest BCUT2D eigenvalue weighted by Gasteiger charge is 2.12. The summed E-state index contributed by atoms with van der Waals surface area (Å²) in [4.78, 5) is 16.4. The highest BCUT2D eigenvalue weighted by molar-refractivity contribution is 5.69. The zero-order valence-corrected chi connectivity index (χ0v) is 38.6. The lowest BCUT2D eigenvalue weighted by Gasteiger charge is -2.25. The van der Waals surface area contributed by atoms with Gasteiger partial charge in [0.1, 0.15) is 0 Å². The molecule has 3 atom stereocenters. The molecule has 57 heavy (non-hydrogen) atoms. The van der Waals surface area contributed by atoms with E-state index in [1.54, 1.807) is 0 Å². The number of unbranched alkanes of at least 4 members (excludes halogenated alkanes) is 18. The minimum atomic E-state index is -0.738. The van der Waals surface area contributed by atoms with Crippen LogP contribution in [-0.2, 0) is 33.2 Å². The van der Waals surface area contributed by atoms with Crippen LogP contribution in [-0.4, -0.2) is 119 Å². The van der Waals surface area contributed by atoms with Crippen LogP contribution >= 0.6 is 0 Å². The molecule has 0 spiro atoms. The molecule has 0 aliphatic rings. The summed E-state index contributed by atoms with van der Waals surface area (Å²) in [6, 6.07) is 0. The Hall–Kier alpha value is -0.850. The van der Waals surface area contributed by atoms with E-state index in [1.165, 1.54) is 96.3 Å². The van der Waals surface area contributed by atoms with Crippen LogP contribution in [0.2, 0.25) is 0 Å². The maximum Gasteiger partial charge on any atom is 0.317 e. The third-order valence-electron chi connectivity index (χ3n) is 10.5. The molecular weight excluding hydrogens is 721 g/mol. The smallest absolute Gasteiger partial charge is 0.317 e. The summed E-state index contributed by atoms with van der Waals surface area (Å²) in [7, 11) is 0. The van der Waals surface area contributed by atoms with Crippen molar-refractivity contribution in [2.45, 2.75) is 221 Å². The minimum Gasteiger partial charge on any atom is -0.480 e. The van der Waals surface area contributed by atoms with E-state index >= 15 is 0 Å². The van der Waals surface area contributed by atoms with Crippen molar-refractivity contribution in [3.63, 3.8) is 0 Å². The van der Waals surface area contributed by atoms with E-state index in [4.69, 9.17) is 28.4 Å². The number of hydrogen-bond acceptors (Lipinski definition) is 9. The van der Waals surface area contributed by atoms with Crippen molar-refractivity contribution >= 4 is 5.97 Å². The molecule has 0 aromatic carbocycles. The van der Waals surface area contributed by atoms with Gasteiger partial charge in [0.2, 0.25) is 0 Å². The largest absolute Gasteiger partial charge is 0.480 e. The second-order valence-electron chi connectivity index (χ2n) is 16.2. The van der Waals surface area contributed by atoms with Gasteiger partial charge < -0.3 is 38.4 Å². The van der Waals surface area contributed by atoms with Gasteiger partial charge in [0, 0.05) is 39.6 Å². The number of carbonyl (C=O) groups is 1. The topological polar surface area (TPSA) is 99.2 Å². The molecular formula is C47H96N2O8. The number of carboxylic acid groups (broad SMARTS) is 1. The summed E-state index contributed by atoms with van der Waals surface area (Å²) >= 11 is 0. The maximum absolute atomic E-state index is 11.7. The van der Waals surface area contributed by atoms with Gasteiger partial charge in [0.15, 0.2) is 18.9 Å². The molecule has 0 radical (unpaired) electrons. The second kappa shape index (κ2) is 44.7. The van der Waals surface area contributed by atoms with Gasteiger partial charge in [-0.1, -0.05) is 117 Å². The van der Waals surface area contributed by atoms with Gasteiger partial charge in [0.25, 0.3) is 0 Å². The van der Waals surface area contributed by atoms with Crippen LogP contribution < -0.4 is 0 Å². The van der Waals surface area contributed by atoms with Crippen molar-refractivity contribution in [3.8, 4) is 0 Å². The summed E-state index contributed by atoms with van der Waals surface area (Å²) in [5.74, 6) is -0.738. The van der Waals surface area contributed by atoms with E-state index in [-0.39, 0.29) is 25.4 Å². The first-order valence-corrected chi connectivity index (χ1v) is 24.2. The monoisotopic (exact) mass is 817 g/mol. The maximum atomic E-state index is 11.7. The van der Waals surface area contributed by atoms with Gasteiger partial charge in [0.05, 0.1) is 6.54 Å². The molecule has 0 amide bonds. The van der Waals surface area contributed by atoms with Crippen molar-refractivity contribution in [3.05, 3.63) is 0 Å². The highest BCUT2D eigenvalue weighted by atomic mass is 16.7. The SMILES string of the molecule is CCCCCCOC(C)OCCCCCCN(CCCCCCOC(C)OCCCCCC)CCCN(CCCCCCOC(C)OCCCCCC)CC(=O)O. The molecule has 10 heteroatoms. The standard InChI is InChI=1S/C47H96N2O8/c1-7-10-13-25-37-52-44(4)55-40-28-19-16-22-32-48(33-23-17-20-29-41-56-45(5)53-38-26-14-11-8-2)35-31-36-49(43-47(50)51)34-24-18-21-30-42-57-46(6)54-39-27-15-12-9-3/h44-46H,7-43H2,1-6H3,(H,50,51). The van der Waals surface area contributed by atoms with Crippen molar-refractivity contribution in [2.75, 3.05) is 78.9 Å². The Morgan fingerprint density at radius 2 is 0.614 bits per heavy atom. The quantitative estimate of drug-likeness (QED) is 0.0472. The summed E-state index contributed by atoms with van der Waals surface area (Å²) in [5.41, 5.74) is 0.